The molecule has 16 heavy (non-hydrogen) atoms. The summed E-state index contributed by atoms with van der Waals surface area (Å²) in [5.41, 5.74) is 5.37. The van der Waals surface area contributed by atoms with Gasteiger partial charge >= 0.3 is 0 Å². The second-order valence-corrected chi connectivity index (χ2v) is 4.15. The molecule has 0 saturated heterocycles. The van der Waals surface area contributed by atoms with Crippen LogP contribution in [0, 0.1) is 0 Å². The number of rotatable bonds is 2. The number of aromatic nitrogens is 1. The Balaban J connectivity index is 0.000000385. The molecule has 0 unspecified atom stereocenters. The van der Waals surface area contributed by atoms with E-state index in [1.807, 2.05) is 0 Å². The van der Waals surface area contributed by atoms with E-state index in [-0.39, 0.29) is 0 Å². The Morgan fingerprint density at radius 1 is 1.50 bits per heavy atom. The van der Waals surface area contributed by atoms with Crippen LogP contribution in [0.2, 0.25) is 0 Å². The predicted molar refractivity (Wildman–Crippen MR) is 56.8 cm³/mol. The summed E-state index contributed by atoms with van der Waals surface area (Å²) in [5.74, 6) is -0.0184. The zero-order chi connectivity index (χ0) is 12.8. The van der Waals surface area contributed by atoms with Crippen LogP contribution < -0.4 is 10.5 Å². The minimum absolute atomic E-state index is 0.380. The summed E-state index contributed by atoms with van der Waals surface area (Å²) >= 11 is 0. The molecular weight excluding hydrogens is 236 g/mol. The molecule has 0 aliphatic rings. The number of hydrogen-bond acceptors (Lipinski definition) is 5. The minimum Gasteiger partial charge on any atom is -0.481 e. The van der Waals surface area contributed by atoms with E-state index >= 15 is 0 Å². The molecule has 7 nitrogen and oxygen atoms in total. The zero-order valence-corrected chi connectivity index (χ0v) is 9.56. The molecule has 90 valence electrons. The Morgan fingerprint density at radius 2 is 2.00 bits per heavy atom. The molecule has 0 saturated carbocycles. The molecule has 0 fully saturated rings. The van der Waals surface area contributed by atoms with Gasteiger partial charge in [0.05, 0.1) is 18.9 Å². The second-order valence-electron chi connectivity index (χ2n) is 2.69. The average molecular weight is 248 g/mol. The fourth-order valence-electron chi connectivity index (χ4n) is 0.647. The molecule has 1 amide bonds. The van der Waals surface area contributed by atoms with E-state index in [4.69, 9.17) is 15.0 Å². The lowest BCUT2D eigenvalue weighted by molar-refractivity contribution is 0.1000. The van der Waals surface area contributed by atoms with Crippen molar-refractivity contribution in [2.45, 2.75) is 0 Å². The first-order valence-corrected chi connectivity index (χ1v) is 5.81. The highest BCUT2D eigenvalue weighted by Gasteiger charge is 1.99. The van der Waals surface area contributed by atoms with Crippen molar-refractivity contribution in [1.82, 2.24) is 4.98 Å². The summed E-state index contributed by atoms with van der Waals surface area (Å²) in [6.07, 6.45) is 2.09. The highest BCUT2D eigenvalue weighted by atomic mass is 32.2. The predicted octanol–water partition coefficient (Wildman–Crippen LogP) is -0.307. The Kier molecular flexibility index (Phi) is 5.40. The lowest BCUT2D eigenvalue weighted by atomic mass is 10.3. The lowest BCUT2D eigenvalue weighted by Crippen LogP contribution is -2.10. The van der Waals surface area contributed by atoms with Gasteiger partial charge in [-0.3, -0.25) is 9.35 Å². The Morgan fingerprint density at radius 3 is 2.25 bits per heavy atom. The quantitative estimate of drug-likeness (QED) is 0.693. The molecule has 1 aromatic rings. The molecule has 0 aliphatic carbocycles. The van der Waals surface area contributed by atoms with Crippen LogP contribution in [-0.2, 0) is 10.1 Å². The van der Waals surface area contributed by atoms with E-state index in [2.05, 4.69) is 4.98 Å². The van der Waals surface area contributed by atoms with Crippen molar-refractivity contribution in [1.29, 1.82) is 0 Å². The molecule has 0 radical (unpaired) electrons. The van der Waals surface area contributed by atoms with E-state index in [1.54, 1.807) is 12.1 Å². The van der Waals surface area contributed by atoms with E-state index in [9.17, 15) is 13.2 Å². The topological polar surface area (TPSA) is 120 Å². The molecular formula is C8H12N2O5S. The Bertz CT molecular complexity index is 432. The van der Waals surface area contributed by atoms with Gasteiger partial charge in [-0.25, -0.2) is 4.98 Å². The largest absolute Gasteiger partial charge is 0.481 e. The summed E-state index contributed by atoms with van der Waals surface area (Å²) in [6, 6.07) is 3.15. The van der Waals surface area contributed by atoms with Gasteiger partial charge in [-0.2, -0.15) is 8.42 Å². The van der Waals surface area contributed by atoms with E-state index < -0.39 is 16.0 Å². The van der Waals surface area contributed by atoms with Crippen molar-refractivity contribution >= 4 is 16.0 Å². The first-order chi connectivity index (χ1) is 7.24. The van der Waals surface area contributed by atoms with Gasteiger partial charge < -0.3 is 10.5 Å². The van der Waals surface area contributed by atoms with Gasteiger partial charge in [-0.15, -0.1) is 0 Å². The van der Waals surface area contributed by atoms with Gasteiger partial charge in [0, 0.05) is 12.3 Å². The van der Waals surface area contributed by atoms with Gasteiger partial charge in [0.1, 0.15) is 0 Å². The van der Waals surface area contributed by atoms with E-state index in [0.717, 1.165) is 0 Å². The number of carbonyl (C=O) groups is 1. The monoisotopic (exact) mass is 248 g/mol. The fraction of sp³-hybridized carbons (Fsp3) is 0.250. The maximum absolute atomic E-state index is 10.5. The number of pyridine rings is 1. The molecule has 1 aromatic heterocycles. The molecule has 0 spiro atoms. The summed E-state index contributed by atoms with van der Waals surface area (Å²) in [7, 11) is -2.16. The van der Waals surface area contributed by atoms with E-state index in [0.29, 0.717) is 17.7 Å². The summed E-state index contributed by atoms with van der Waals surface area (Å²) in [5, 5.41) is 0. The van der Waals surface area contributed by atoms with Crippen LogP contribution in [0.25, 0.3) is 0 Å². The molecule has 1 rings (SSSR count). The van der Waals surface area contributed by atoms with Crippen LogP contribution in [-0.4, -0.2) is 37.2 Å². The first kappa shape index (κ1) is 14.3. The van der Waals surface area contributed by atoms with Crippen molar-refractivity contribution in [3.63, 3.8) is 0 Å². The zero-order valence-electron chi connectivity index (χ0n) is 8.75. The maximum Gasteiger partial charge on any atom is 0.261 e. The summed E-state index contributed by atoms with van der Waals surface area (Å²) < 4.78 is 30.7. The van der Waals surface area contributed by atoms with Crippen molar-refractivity contribution < 1.29 is 22.5 Å². The standard InChI is InChI=1S/C7H8N2O2.CH4O3S/c1-11-6-3-2-5(4-9-6)7(8)10;1-5(2,3)4/h2-4H,1H3,(H2,8,10);1H3,(H,2,3,4). The van der Waals surface area contributed by atoms with E-state index in [1.165, 1.54) is 13.3 Å². The number of nitrogens with two attached hydrogens (primary N) is 1. The van der Waals surface area contributed by atoms with Crippen molar-refractivity contribution in [3.05, 3.63) is 23.9 Å². The normalized spacial score (nSPS) is 9.94. The highest BCUT2D eigenvalue weighted by Crippen LogP contribution is 2.05. The number of nitrogens with zero attached hydrogens (tertiary/aromatic N) is 1. The van der Waals surface area contributed by atoms with Gasteiger partial charge in [0.15, 0.2) is 0 Å². The molecule has 0 bridgehead atoms. The fourth-order valence-corrected chi connectivity index (χ4v) is 0.647. The third-order valence-electron chi connectivity index (χ3n) is 1.23. The third-order valence-corrected chi connectivity index (χ3v) is 1.23. The van der Waals surface area contributed by atoms with Crippen molar-refractivity contribution in [2.75, 3.05) is 13.4 Å². The van der Waals surface area contributed by atoms with Crippen LogP contribution in [0.3, 0.4) is 0 Å². The maximum atomic E-state index is 10.5. The van der Waals surface area contributed by atoms with Gasteiger partial charge in [-0.1, -0.05) is 0 Å². The van der Waals surface area contributed by atoms with Gasteiger partial charge in [0.2, 0.25) is 11.8 Å². The lowest BCUT2D eigenvalue weighted by Gasteiger charge is -1.97. The Hall–Kier alpha value is -1.67. The number of carbonyl (C=O) groups excluding carboxylic acids is 1. The number of methoxy groups -OCH3 is 1. The van der Waals surface area contributed by atoms with Gasteiger partial charge in [0.25, 0.3) is 10.1 Å². The van der Waals surface area contributed by atoms with Crippen molar-refractivity contribution in [3.8, 4) is 5.88 Å². The number of primary amides is 1. The third kappa shape index (κ3) is 7.71. The van der Waals surface area contributed by atoms with Crippen LogP contribution in [0.4, 0.5) is 0 Å². The molecule has 0 atom stereocenters. The Labute approximate surface area is 93.0 Å². The molecule has 1 heterocycles. The highest BCUT2D eigenvalue weighted by molar-refractivity contribution is 7.85. The number of ether oxygens (including phenoxy) is 1. The molecule has 3 N–H and O–H groups in total. The second kappa shape index (κ2) is 6.03. The molecule has 0 aliphatic heterocycles. The summed E-state index contributed by atoms with van der Waals surface area (Å²) in [6.45, 7) is 0. The molecule has 8 heteroatoms. The number of amides is 1. The van der Waals surface area contributed by atoms with Crippen LogP contribution >= 0.6 is 0 Å². The van der Waals surface area contributed by atoms with Crippen LogP contribution in [0.15, 0.2) is 18.3 Å². The van der Waals surface area contributed by atoms with Crippen LogP contribution in [0.1, 0.15) is 10.4 Å². The SMILES string of the molecule is COc1ccc(C(N)=O)cn1.CS(=O)(=O)O. The van der Waals surface area contributed by atoms with Crippen LogP contribution in [0.5, 0.6) is 5.88 Å². The number of hydrogen-bond donors (Lipinski definition) is 2. The minimum atomic E-state index is -3.67. The van der Waals surface area contributed by atoms with Crippen molar-refractivity contribution in [2.24, 2.45) is 5.73 Å². The van der Waals surface area contributed by atoms with Gasteiger partial charge in [-0.05, 0) is 6.07 Å². The average Bonchev–Trinajstić information content (AvgIpc) is 2.15. The smallest absolute Gasteiger partial charge is 0.261 e. The molecule has 0 aromatic carbocycles. The first-order valence-electron chi connectivity index (χ1n) is 3.96. The summed E-state index contributed by atoms with van der Waals surface area (Å²) in [4.78, 5) is 14.3.